The van der Waals surface area contributed by atoms with Crippen LogP contribution < -0.4 is 0 Å². The molecule has 2 heteroatoms. The van der Waals surface area contributed by atoms with Crippen molar-refractivity contribution < 1.29 is 10.2 Å². The molecule has 2 aromatic carbocycles. The summed E-state index contributed by atoms with van der Waals surface area (Å²) in [6, 6.07) is 16.0. The van der Waals surface area contributed by atoms with Crippen molar-refractivity contribution in [2.24, 2.45) is 0 Å². The van der Waals surface area contributed by atoms with E-state index in [1.165, 1.54) is 0 Å². The van der Waals surface area contributed by atoms with Gasteiger partial charge in [0.1, 0.15) is 11.5 Å². The first-order valence-corrected chi connectivity index (χ1v) is 6.37. The van der Waals surface area contributed by atoms with Crippen LogP contribution >= 0.6 is 0 Å². The van der Waals surface area contributed by atoms with Crippen molar-refractivity contribution in [3.05, 3.63) is 78.9 Å². The normalized spacial score (nSPS) is 8.90. The van der Waals surface area contributed by atoms with Crippen LogP contribution in [0.15, 0.2) is 73.3 Å². The van der Waals surface area contributed by atoms with Crippen LogP contribution in [0.2, 0.25) is 0 Å². The highest BCUT2D eigenvalue weighted by Crippen LogP contribution is 2.16. The molecule has 0 atom stereocenters. The minimum atomic E-state index is 0.322. The van der Waals surface area contributed by atoms with Gasteiger partial charge in [0, 0.05) is 5.56 Å². The van der Waals surface area contributed by atoms with Gasteiger partial charge in [0.05, 0.1) is 0 Å². The highest BCUT2D eigenvalue weighted by Gasteiger charge is 1.90. The van der Waals surface area contributed by atoms with E-state index < -0.39 is 0 Å². The van der Waals surface area contributed by atoms with Crippen LogP contribution in [0.1, 0.15) is 19.4 Å². The van der Waals surface area contributed by atoms with Gasteiger partial charge in [-0.25, -0.2) is 0 Å². The number of allylic oxidation sites excluding steroid dienone is 2. The summed E-state index contributed by atoms with van der Waals surface area (Å²) < 4.78 is 0. The van der Waals surface area contributed by atoms with E-state index in [0.29, 0.717) is 11.5 Å². The molecular formula is C18H22O2. The monoisotopic (exact) mass is 270 g/mol. The second-order valence-electron chi connectivity index (χ2n) is 3.80. The van der Waals surface area contributed by atoms with Gasteiger partial charge in [-0.05, 0) is 32.0 Å². The van der Waals surface area contributed by atoms with Crippen LogP contribution in [0.5, 0.6) is 11.5 Å². The van der Waals surface area contributed by atoms with Gasteiger partial charge < -0.3 is 10.2 Å². The molecule has 0 bridgehead atoms. The lowest BCUT2D eigenvalue weighted by atomic mass is 10.2. The number of aromatic hydroxyl groups is 2. The van der Waals surface area contributed by atoms with E-state index in [4.69, 9.17) is 5.11 Å². The molecule has 0 aliphatic rings. The summed E-state index contributed by atoms with van der Waals surface area (Å²) in [4.78, 5) is 0. The quantitative estimate of drug-likeness (QED) is 0.715. The minimum absolute atomic E-state index is 0.322. The van der Waals surface area contributed by atoms with Crippen molar-refractivity contribution in [2.45, 2.75) is 13.8 Å². The number of rotatable bonds is 1. The van der Waals surface area contributed by atoms with Gasteiger partial charge in [-0.15, -0.1) is 6.58 Å². The summed E-state index contributed by atoms with van der Waals surface area (Å²) in [7, 11) is 0. The molecule has 0 unspecified atom stereocenters. The van der Waals surface area contributed by atoms with Gasteiger partial charge in [-0.3, -0.25) is 0 Å². The molecule has 0 spiro atoms. The standard InChI is InChI=1S/C9H10O.C6H6O.C3H6/c1-2-5-8-6-3-4-7-9(8)10;7-6-4-2-1-3-5-6;1-3-2/h2-7,10H,1H3;1-5,7H;3H,1H2,2H3. The van der Waals surface area contributed by atoms with E-state index in [0.717, 1.165) is 5.56 Å². The average Bonchev–Trinajstić information content (AvgIpc) is 2.44. The fourth-order valence-corrected chi connectivity index (χ4v) is 1.24. The Morgan fingerprint density at radius 3 is 1.75 bits per heavy atom. The molecule has 0 amide bonds. The Morgan fingerprint density at radius 2 is 1.35 bits per heavy atom. The summed E-state index contributed by atoms with van der Waals surface area (Å²) in [5.74, 6) is 0.656. The SMILES string of the molecule is C=CC.CC=Cc1ccccc1O.Oc1ccccc1. The minimum Gasteiger partial charge on any atom is -0.508 e. The maximum Gasteiger partial charge on any atom is 0.122 e. The van der Waals surface area contributed by atoms with E-state index in [2.05, 4.69) is 6.58 Å². The fraction of sp³-hybridized carbons (Fsp3) is 0.111. The number of phenolic OH excluding ortho intramolecular Hbond substituents is 2. The maximum atomic E-state index is 9.19. The zero-order chi connectivity index (χ0) is 15.2. The van der Waals surface area contributed by atoms with E-state index in [-0.39, 0.29) is 0 Å². The van der Waals surface area contributed by atoms with E-state index in [1.54, 1.807) is 36.4 Å². The zero-order valence-electron chi connectivity index (χ0n) is 12.0. The number of para-hydroxylation sites is 2. The van der Waals surface area contributed by atoms with Crippen LogP contribution in [0.25, 0.3) is 6.08 Å². The first-order valence-electron chi connectivity index (χ1n) is 6.37. The summed E-state index contributed by atoms with van der Waals surface area (Å²) in [6.45, 7) is 7.17. The van der Waals surface area contributed by atoms with E-state index in [1.807, 2.05) is 50.3 Å². The second-order valence-corrected chi connectivity index (χ2v) is 3.80. The summed E-state index contributed by atoms with van der Waals surface area (Å²) in [5, 5.41) is 17.8. The van der Waals surface area contributed by atoms with Gasteiger partial charge in [-0.2, -0.15) is 0 Å². The predicted octanol–water partition coefficient (Wildman–Crippen LogP) is 5.01. The molecule has 0 aromatic heterocycles. The molecule has 2 aromatic rings. The van der Waals surface area contributed by atoms with Crippen LogP contribution in [0.4, 0.5) is 0 Å². The summed E-state index contributed by atoms with van der Waals surface area (Å²) in [6.07, 6.45) is 5.52. The Kier molecular flexibility index (Phi) is 10.2. The van der Waals surface area contributed by atoms with E-state index in [9.17, 15) is 5.11 Å². The molecule has 106 valence electrons. The first kappa shape index (κ1) is 17.5. The van der Waals surface area contributed by atoms with E-state index >= 15 is 0 Å². The van der Waals surface area contributed by atoms with Crippen molar-refractivity contribution >= 4 is 6.08 Å². The van der Waals surface area contributed by atoms with Gasteiger partial charge >= 0.3 is 0 Å². The second kappa shape index (κ2) is 11.6. The van der Waals surface area contributed by atoms with Gasteiger partial charge in [0.25, 0.3) is 0 Å². The third-order valence-corrected chi connectivity index (χ3v) is 2.04. The maximum absolute atomic E-state index is 9.19. The largest absolute Gasteiger partial charge is 0.508 e. The van der Waals surface area contributed by atoms with Crippen molar-refractivity contribution in [1.82, 2.24) is 0 Å². The van der Waals surface area contributed by atoms with Crippen molar-refractivity contribution in [3.63, 3.8) is 0 Å². The fourth-order valence-electron chi connectivity index (χ4n) is 1.24. The molecule has 20 heavy (non-hydrogen) atoms. The first-order chi connectivity index (χ1) is 9.65. The molecule has 0 aliphatic carbocycles. The van der Waals surface area contributed by atoms with Crippen molar-refractivity contribution in [3.8, 4) is 11.5 Å². The highest BCUT2D eigenvalue weighted by atomic mass is 16.3. The molecule has 2 nitrogen and oxygen atoms in total. The smallest absolute Gasteiger partial charge is 0.122 e. The number of hydrogen-bond acceptors (Lipinski definition) is 2. The molecule has 2 N–H and O–H groups in total. The Labute approximate surface area is 121 Å². The van der Waals surface area contributed by atoms with Gasteiger partial charge in [0.15, 0.2) is 0 Å². The predicted molar refractivity (Wildman–Crippen MR) is 86.8 cm³/mol. The third-order valence-electron chi connectivity index (χ3n) is 2.04. The molecule has 0 saturated heterocycles. The van der Waals surface area contributed by atoms with Crippen LogP contribution in [-0.2, 0) is 0 Å². The Morgan fingerprint density at radius 1 is 0.850 bits per heavy atom. The molecular weight excluding hydrogens is 248 g/mol. The average molecular weight is 270 g/mol. The number of benzene rings is 2. The third kappa shape index (κ3) is 8.59. The summed E-state index contributed by atoms with van der Waals surface area (Å²) >= 11 is 0. The van der Waals surface area contributed by atoms with Gasteiger partial charge in [-0.1, -0.05) is 54.6 Å². The zero-order valence-corrected chi connectivity index (χ0v) is 12.0. The number of hydrogen-bond donors (Lipinski definition) is 2. The Bertz CT molecular complexity index is 502. The molecule has 0 saturated carbocycles. The molecule has 0 heterocycles. The van der Waals surface area contributed by atoms with Crippen molar-refractivity contribution in [1.29, 1.82) is 0 Å². The lowest BCUT2D eigenvalue weighted by Crippen LogP contribution is -1.70. The molecule has 0 radical (unpaired) electrons. The molecule has 0 fully saturated rings. The Balaban J connectivity index is 0.000000315. The van der Waals surface area contributed by atoms with Crippen molar-refractivity contribution in [2.75, 3.05) is 0 Å². The topological polar surface area (TPSA) is 40.5 Å². The summed E-state index contributed by atoms with van der Waals surface area (Å²) in [5.41, 5.74) is 0.866. The Hall–Kier alpha value is -2.48. The highest BCUT2D eigenvalue weighted by molar-refractivity contribution is 5.55. The van der Waals surface area contributed by atoms with Crippen LogP contribution in [0, 0.1) is 0 Å². The van der Waals surface area contributed by atoms with Crippen LogP contribution in [0.3, 0.4) is 0 Å². The molecule has 0 aliphatic heterocycles. The number of phenols is 2. The lowest BCUT2D eigenvalue weighted by Gasteiger charge is -1.94. The van der Waals surface area contributed by atoms with Crippen LogP contribution in [-0.4, -0.2) is 10.2 Å². The lowest BCUT2D eigenvalue weighted by molar-refractivity contribution is 0.474. The molecule has 2 rings (SSSR count). The van der Waals surface area contributed by atoms with Gasteiger partial charge in [0.2, 0.25) is 0 Å².